The smallest absolute Gasteiger partial charge is 0.147 e. The Hall–Kier alpha value is -0.900. The van der Waals surface area contributed by atoms with Crippen LogP contribution in [-0.4, -0.2) is 27.9 Å². The van der Waals surface area contributed by atoms with Gasteiger partial charge in [-0.2, -0.15) is 5.10 Å². The van der Waals surface area contributed by atoms with Crippen LogP contribution in [0.25, 0.3) is 0 Å². The van der Waals surface area contributed by atoms with Gasteiger partial charge in [0, 0.05) is 6.54 Å². The van der Waals surface area contributed by atoms with Crippen molar-refractivity contribution in [2.75, 3.05) is 13.1 Å². The lowest BCUT2D eigenvalue weighted by Crippen LogP contribution is -2.15. The van der Waals surface area contributed by atoms with Crippen LogP contribution in [0.15, 0.2) is 0 Å². The maximum Gasteiger partial charge on any atom is 0.147 e. The molecule has 0 amide bonds. The molecule has 0 fully saturated rings. The molecule has 4 heteroatoms. The van der Waals surface area contributed by atoms with Crippen molar-refractivity contribution < 1.29 is 0 Å². The fourth-order valence-electron chi connectivity index (χ4n) is 1.76. The van der Waals surface area contributed by atoms with Crippen LogP contribution in [0.3, 0.4) is 0 Å². The molecule has 1 aromatic rings. The van der Waals surface area contributed by atoms with Gasteiger partial charge in [0.05, 0.1) is 0 Å². The minimum absolute atomic E-state index is 0.877. The average molecular weight is 224 g/mol. The molecule has 0 saturated carbocycles. The highest BCUT2D eigenvalue weighted by atomic mass is 15.3. The predicted molar refractivity (Wildman–Crippen MR) is 66.5 cm³/mol. The first-order valence-electron chi connectivity index (χ1n) is 6.32. The predicted octanol–water partition coefficient (Wildman–Crippen LogP) is 2.06. The first-order valence-corrected chi connectivity index (χ1v) is 6.32. The van der Waals surface area contributed by atoms with Gasteiger partial charge >= 0.3 is 0 Å². The number of nitrogens with one attached hydrogen (secondary N) is 1. The van der Waals surface area contributed by atoms with E-state index >= 15 is 0 Å². The lowest BCUT2D eigenvalue weighted by atomic mass is 10.2. The third-order valence-electron chi connectivity index (χ3n) is 2.61. The van der Waals surface area contributed by atoms with Crippen LogP contribution in [0.1, 0.15) is 44.3 Å². The molecule has 1 heterocycles. The summed E-state index contributed by atoms with van der Waals surface area (Å²) in [4.78, 5) is 4.29. The van der Waals surface area contributed by atoms with Gasteiger partial charge in [-0.25, -0.2) is 4.98 Å². The number of aromatic nitrogens is 3. The maximum absolute atomic E-state index is 4.35. The second kappa shape index (κ2) is 7.39. The molecule has 16 heavy (non-hydrogen) atoms. The summed E-state index contributed by atoms with van der Waals surface area (Å²) in [6, 6.07) is 0. The third-order valence-corrected chi connectivity index (χ3v) is 2.61. The highest BCUT2D eigenvalue weighted by Gasteiger charge is 2.00. The summed E-state index contributed by atoms with van der Waals surface area (Å²) in [5.41, 5.74) is 0. The second-order valence-corrected chi connectivity index (χ2v) is 4.24. The molecular weight excluding hydrogens is 200 g/mol. The molecule has 0 radical (unpaired) electrons. The summed E-state index contributed by atoms with van der Waals surface area (Å²) in [7, 11) is 0. The summed E-state index contributed by atoms with van der Waals surface area (Å²) in [5, 5.41) is 7.76. The monoisotopic (exact) mass is 224 g/mol. The van der Waals surface area contributed by atoms with Crippen LogP contribution in [-0.2, 0) is 6.54 Å². The Bertz CT molecular complexity index is 293. The number of hydrogen-bond acceptors (Lipinski definition) is 3. The molecule has 0 saturated heterocycles. The lowest BCUT2D eigenvalue weighted by Gasteiger charge is -2.04. The number of unbranched alkanes of at least 4 members (excludes halogenated alkanes) is 2. The van der Waals surface area contributed by atoms with Crippen LogP contribution >= 0.6 is 0 Å². The molecule has 0 bridgehead atoms. The van der Waals surface area contributed by atoms with E-state index < -0.39 is 0 Å². The fourth-order valence-corrected chi connectivity index (χ4v) is 1.76. The number of rotatable bonds is 8. The molecule has 4 nitrogen and oxygen atoms in total. The first-order chi connectivity index (χ1) is 7.74. The van der Waals surface area contributed by atoms with Crippen molar-refractivity contribution in [1.29, 1.82) is 0 Å². The van der Waals surface area contributed by atoms with Crippen LogP contribution in [0, 0.1) is 13.8 Å². The minimum Gasteiger partial charge on any atom is -0.317 e. The number of aryl methyl sites for hydroxylation is 3. The van der Waals surface area contributed by atoms with Gasteiger partial charge in [0.1, 0.15) is 11.6 Å². The average Bonchev–Trinajstić information content (AvgIpc) is 2.56. The van der Waals surface area contributed by atoms with Crippen molar-refractivity contribution in [3.8, 4) is 0 Å². The Morgan fingerprint density at radius 3 is 2.56 bits per heavy atom. The van der Waals surface area contributed by atoms with Crippen molar-refractivity contribution in [2.45, 2.75) is 53.0 Å². The topological polar surface area (TPSA) is 42.7 Å². The van der Waals surface area contributed by atoms with Crippen LogP contribution < -0.4 is 5.32 Å². The highest BCUT2D eigenvalue weighted by molar-refractivity contribution is 4.87. The summed E-state index contributed by atoms with van der Waals surface area (Å²) in [6.07, 6.45) is 4.93. The molecule has 1 aromatic heterocycles. The molecule has 0 spiro atoms. The quantitative estimate of drug-likeness (QED) is 0.687. The van der Waals surface area contributed by atoms with Crippen molar-refractivity contribution >= 4 is 0 Å². The largest absolute Gasteiger partial charge is 0.317 e. The van der Waals surface area contributed by atoms with E-state index in [1.165, 1.54) is 25.7 Å². The molecule has 1 N–H and O–H groups in total. The van der Waals surface area contributed by atoms with E-state index in [9.17, 15) is 0 Å². The molecule has 0 atom stereocenters. The molecule has 0 aliphatic rings. The zero-order valence-electron chi connectivity index (χ0n) is 10.8. The third kappa shape index (κ3) is 4.75. The van der Waals surface area contributed by atoms with Crippen molar-refractivity contribution in [1.82, 2.24) is 20.1 Å². The van der Waals surface area contributed by atoms with E-state index in [1.54, 1.807) is 0 Å². The summed E-state index contributed by atoms with van der Waals surface area (Å²) in [6.45, 7) is 9.44. The SMILES string of the molecule is CCCNCCCCCn1nc(C)nc1C. The van der Waals surface area contributed by atoms with E-state index in [-0.39, 0.29) is 0 Å². The fraction of sp³-hybridized carbons (Fsp3) is 0.833. The molecule has 0 aliphatic carbocycles. The van der Waals surface area contributed by atoms with E-state index in [1.807, 2.05) is 18.5 Å². The van der Waals surface area contributed by atoms with Gasteiger partial charge in [0.25, 0.3) is 0 Å². The first kappa shape index (κ1) is 13.2. The van der Waals surface area contributed by atoms with Crippen molar-refractivity contribution in [3.63, 3.8) is 0 Å². The normalized spacial score (nSPS) is 10.9. The van der Waals surface area contributed by atoms with Gasteiger partial charge < -0.3 is 5.32 Å². The van der Waals surface area contributed by atoms with E-state index in [2.05, 4.69) is 22.3 Å². The van der Waals surface area contributed by atoms with Crippen molar-refractivity contribution in [3.05, 3.63) is 11.6 Å². The molecule has 0 aliphatic heterocycles. The Labute approximate surface area is 98.5 Å². The van der Waals surface area contributed by atoms with Gasteiger partial charge in [-0.15, -0.1) is 0 Å². The standard InChI is InChI=1S/C12H24N4/c1-4-8-13-9-6-5-7-10-16-12(3)14-11(2)15-16/h13H,4-10H2,1-3H3. The molecule has 92 valence electrons. The molecule has 0 unspecified atom stereocenters. The van der Waals surface area contributed by atoms with Crippen LogP contribution in [0.4, 0.5) is 0 Å². The van der Waals surface area contributed by atoms with Gasteiger partial charge in [-0.05, 0) is 46.2 Å². The van der Waals surface area contributed by atoms with Crippen LogP contribution in [0.5, 0.6) is 0 Å². The van der Waals surface area contributed by atoms with Gasteiger partial charge in [-0.3, -0.25) is 4.68 Å². The number of hydrogen-bond donors (Lipinski definition) is 1. The Morgan fingerprint density at radius 2 is 1.94 bits per heavy atom. The maximum atomic E-state index is 4.35. The van der Waals surface area contributed by atoms with Gasteiger partial charge in [-0.1, -0.05) is 13.3 Å². The van der Waals surface area contributed by atoms with Crippen molar-refractivity contribution in [2.24, 2.45) is 0 Å². The van der Waals surface area contributed by atoms with E-state index in [0.717, 1.165) is 31.3 Å². The minimum atomic E-state index is 0.877. The molecular formula is C12H24N4. The summed E-state index contributed by atoms with van der Waals surface area (Å²) >= 11 is 0. The summed E-state index contributed by atoms with van der Waals surface area (Å²) in [5.74, 6) is 1.91. The Kier molecular flexibility index (Phi) is 6.08. The van der Waals surface area contributed by atoms with Gasteiger partial charge in [0.2, 0.25) is 0 Å². The highest BCUT2D eigenvalue weighted by Crippen LogP contribution is 2.01. The lowest BCUT2D eigenvalue weighted by molar-refractivity contribution is 0.518. The van der Waals surface area contributed by atoms with Crippen LogP contribution in [0.2, 0.25) is 0 Å². The van der Waals surface area contributed by atoms with E-state index in [0.29, 0.717) is 0 Å². The van der Waals surface area contributed by atoms with Gasteiger partial charge in [0.15, 0.2) is 0 Å². The zero-order chi connectivity index (χ0) is 11.8. The Balaban J connectivity index is 2.05. The summed E-state index contributed by atoms with van der Waals surface area (Å²) < 4.78 is 2.01. The van der Waals surface area contributed by atoms with E-state index in [4.69, 9.17) is 0 Å². The molecule has 0 aromatic carbocycles. The second-order valence-electron chi connectivity index (χ2n) is 4.24. The zero-order valence-corrected chi connectivity index (χ0v) is 10.8. The number of nitrogens with zero attached hydrogens (tertiary/aromatic N) is 3. The molecule has 1 rings (SSSR count). The Morgan fingerprint density at radius 1 is 1.12 bits per heavy atom.